The first kappa shape index (κ1) is 14.7. The van der Waals surface area contributed by atoms with Gasteiger partial charge in [0.05, 0.1) is 29.1 Å². The lowest BCUT2D eigenvalue weighted by molar-refractivity contribution is -0.137. The van der Waals surface area contributed by atoms with Crippen molar-refractivity contribution in [2.75, 3.05) is 13.2 Å². The van der Waals surface area contributed by atoms with Gasteiger partial charge in [-0.1, -0.05) is 12.1 Å². The molecule has 2 aliphatic rings. The van der Waals surface area contributed by atoms with Crippen molar-refractivity contribution in [3.8, 4) is 0 Å². The van der Waals surface area contributed by atoms with E-state index in [0.717, 1.165) is 55.7 Å². The van der Waals surface area contributed by atoms with Crippen LogP contribution in [0.5, 0.6) is 0 Å². The minimum Gasteiger partial charge on any atom is -0.375 e. The number of carbonyl (C=O) groups excluding carboxylic acids is 1. The van der Waals surface area contributed by atoms with Gasteiger partial charge in [0, 0.05) is 13.2 Å². The molecule has 2 fully saturated rings. The van der Waals surface area contributed by atoms with Crippen molar-refractivity contribution in [2.45, 2.75) is 50.7 Å². The Hall–Kier alpha value is -1.88. The van der Waals surface area contributed by atoms with Crippen LogP contribution in [-0.4, -0.2) is 39.5 Å². The second-order valence-electron chi connectivity index (χ2n) is 6.96. The molecular formula is C18H23N3O2. The molecule has 1 aromatic carbocycles. The van der Waals surface area contributed by atoms with Crippen LogP contribution in [0.3, 0.4) is 0 Å². The molecule has 0 bridgehead atoms. The number of aromatic nitrogens is 2. The molecule has 2 aliphatic heterocycles. The molecule has 1 N–H and O–H groups in total. The number of hydrogen-bond acceptors (Lipinski definition) is 3. The third-order valence-corrected chi connectivity index (χ3v) is 5.12. The first-order chi connectivity index (χ1) is 11.1. The van der Waals surface area contributed by atoms with E-state index in [1.165, 1.54) is 0 Å². The van der Waals surface area contributed by atoms with E-state index in [4.69, 9.17) is 9.72 Å². The molecule has 0 spiro atoms. The Kier molecular flexibility index (Phi) is 3.60. The second kappa shape index (κ2) is 5.64. The van der Waals surface area contributed by atoms with E-state index in [1.807, 2.05) is 29.2 Å². The lowest BCUT2D eigenvalue weighted by Crippen LogP contribution is -2.37. The number of benzene rings is 1. The van der Waals surface area contributed by atoms with E-state index >= 15 is 0 Å². The van der Waals surface area contributed by atoms with Gasteiger partial charge in [0.25, 0.3) is 0 Å². The summed E-state index contributed by atoms with van der Waals surface area (Å²) >= 11 is 0. The van der Waals surface area contributed by atoms with Gasteiger partial charge >= 0.3 is 0 Å². The Balaban J connectivity index is 1.55. The molecular weight excluding hydrogens is 290 g/mol. The molecule has 0 aliphatic carbocycles. The molecule has 2 unspecified atom stereocenters. The van der Waals surface area contributed by atoms with Crippen molar-refractivity contribution >= 4 is 16.9 Å². The first-order valence-electron chi connectivity index (χ1n) is 8.53. The van der Waals surface area contributed by atoms with Gasteiger partial charge in [0.15, 0.2) is 0 Å². The van der Waals surface area contributed by atoms with Crippen molar-refractivity contribution < 1.29 is 9.53 Å². The smallest absolute Gasteiger partial charge is 0.226 e. The molecule has 2 aromatic rings. The highest BCUT2D eigenvalue weighted by molar-refractivity contribution is 5.79. The van der Waals surface area contributed by atoms with E-state index in [-0.39, 0.29) is 17.6 Å². The normalized spacial score (nSPS) is 27.9. The van der Waals surface area contributed by atoms with Gasteiger partial charge in [-0.15, -0.1) is 0 Å². The summed E-state index contributed by atoms with van der Waals surface area (Å²) in [5.74, 6) is 1.10. The number of nitrogens with one attached hydrogen (secondary N) is 1. The van der Waals surface area contributed by atoms with Crippen LogP contribution in [0.25, 0.3) is 11.0 Å². The number of rotatable bonds is 3. The molecule has 0 saturated carbocycles. The average Bonchev–Trinajstić information content (AvgIpc) is 3.25. The lowest BCUT2D eigenvalue weighted by Gasteiger charge is -2.28. The van der Waals surface area contributed by atoms with Crippen molar-refractivity contribution in [1.29, 1.82) is 0 Å². The van der Waals surface area contributed by atoms with E-state index in [2.05, 4.69) is 11.9 Å². The van der Waals surface area contributed by atoms with Gasteiger partial charge in [-0.05, 0) is 44.7 Å². The molecule has 2 atom stereocenters. The number of ether oxygens (including phenoxy) is 1. The standard InChI is InChI=1S/C18H23N3O2/c1-18(9-5-11-23-18)12-16(22)21-10-4-8-15(21)17-19-13-6-2-3-7-14(13)20-17/h2-3,6-7,15H,4-5,8-12H2,1H3,(H,19,20). The third-order valence-electron chi connectivity index (χ3n) is 5.12. The molecule has 0 radical (unpaired) electrons. The zero-order chi connectivity index (χ0) is 15.9. The SMILES string of the molecule is CC1(CC(=O)N2CCCC2c2nc3ccccc3[nH]2)CCCO1. The van der Waals surface area contributed by atoms with Gasteiger partial charge < -0.3 is 14.6 Å². The fraction of sp³-hybridized carbons (Fsp3) is 0.556. The number of amides is 1. The maximum absolute atomic E-state index is 12.8. The van der Waals surface area contributed by atoms with Gasteiger partial charge in [-0.3, -0.25) is 4.79 Å². The molecule has 4 rings (SSSR count). The molecule has 5 heteroatoms. The van der Waals surface area contributed by atoms with Crippen molar-refractivity contribution in [3.63, 3.8) is 0 Å². The van der Waals surface area contributed by atoms with E-state index in [9.17, 15) is 4.79 Å². The molecule has 1 aromatic heterocycles. The lowest BCUT2D eigenvalue weighted by atomic mass is 9.97. The van der Waals surface area contributed by atoms with Crippen LogP contribution in [0.15, 0.2) is 24.3 Å². The number of aromatic amines is 1. The Morgan fingerprint density at radius 3 is 3.09 bits per heavy atom. The summed E-state index contributed by atoms with van der Waals surface area (Å²) in [5, 5.41) is 0. The third kappa shape index (κ3) is 2.74. The Bertz CT molecular complexity index is 685. The molecule has 5 nitrogen and oxygen atoms in total. The minimum absolute atomic E-state index is 0.0694. The summed E-state index contributed by atoms with van der Waals surface area (Å²) in [6.45, 7) is 3.65. The van der Waals surface area contributed by atoms with Crippen LogP contribution in [0.2, 0.25) is 0 Å². The Morgan fingerprint density at radius 2 is 2.30 bits per heavy atom. The number of likely N-dealkylation sites (tertiary alicyclic amines) is 1. The summed E-state index contributed by atoms with van der Waals surface area (Å²) < 4.78 is 5.79. The summed E-state index contributed by atoms with van der Waals surface area (Å²) in [7, 11) is 0. The Morgan fingerprint density at radius 1 is 1.43 bits per heavy atom. The number of fused-ring (bicyclic) bond motifs is 1. The number of para-hydroxylation sites is 2. The van der Waals surface area contributed by atoms with Crippen molar-refractivity contribution in [1.82, 2.24) is 14.9 Å². The summed E-state index contributed by atoms with van der Waals surface area (Å²) in [6.07, 6.45) is 4.51. The predicted molar refractivity (Wildman–Crippen MR) is 88.0 cm³/mol. The van der Waals surface area contributed by atoms with Crippen LogP contribution >= 0.6 is 0 Å². The molecule has 3 heterocycles. The molecule has 1 amide bonds. The Labute approximate surface area is 136 Å². The van der Waals surface area contributed by atoms with Gasteiger partial charge in [0.2, 0.25) is 5.91 Å². The quantitative estimate of drug-likeness (QED) is 0.947. The zero-order valence-corrected chi connectivity index (χ0v) is 13.5. The average molecular weight is 313 g/mol. The molecule has 2 saturated heterocycles. The minimum atomic E-state index is -0.280. The topological polar surface area (TPSA) is 58.2 Å². The summed E-state index contributed by atoms with van der Waals surface area (Å²) in [6, 6.07) is 8.09. The van der Waals surface area contributed by atoms with E-state index < -0.39 is 0 Å². The maximum atomic E-state index is 12.8. The second-order valence-corrected chi connectivity index (χ2v) is 6.96. The summed E-state index contributed by atoms with van der Waals surface area (Å²) in [4.78, 5) is 22.9. The van der Waals surface area contributed by atoms with Crippen molar-refractivity contribution in [3.05, 3.63) is 30.1 Å². The first-order valence-corrected chi connectivity index (χ1v) is 8.53. The van der Waals surface area contributed by atoms with Gasteiger partial charge in [-0.2, -0.15) is 0 Å². The number of H-pyrrole nitrogens is 1. The fourth-order valence-electron chi connectivity index (χ4n) is 3.88. The monoisotopic (exact) mass is 313 g/mol. The highest BCUT2D eigenvalue weighted by Crippen LogP contribution is 2.35. The highest BCUT2D eigenvalue weighted by atomic mass is 16.5. The van der Waals surface area contributed by atoms with Crippen LogP contribution in [-0.2, 0) is 9.53 Å². The maximum Gasteiger partial charge on any atom is 0.226 e. The van der Waals surface area contributed by atoms with Gasteiger partial charge in [0.1, 0.15) is 5.82 Å². The predicted octanol–water partition coefficient (Wildman–Crippen LogP) is 3.19. The number of carbonyl (C=O) groups is 1. The van der Waals surface area contributed by atoms with Crippen LogP contribution in [0, 0.1) is 0 Å². The van der Waals surface area contributed by atoms with Crippen LogP contribution in [0.4, 0.5) is 0 Å². The zero-order valence-electron chi connectivity index (χ0n) is 13.5. The fourth-order valence-corrected chi connectivity index (χ4v) is 3.88. The van der Waals surface area contributed by atoms with Crippen molar-refractivity contribution in [2.24, 2.45) is 0 Å². The van der Waals surface area contributed by atoms with Crippen LogP contribution < -0.4 is 0 Å². The number of hydrogen-bond donors (Lipinski definition) is 1. The number of nitrogens with zero attached hydrogens (tertiary/aromatic N) is 2. The summed E-state index contributed by atoms with van der Waals surface area (Å²) in [5.41, 5.74) is 1.72. The van der Waals surface area contributed by atoms with Crippen LogP contribution in [0.1, 0.15) is 50.9 Å². The van der Waals surface area contributed by atoms with Gasteiger partial charge in [-0.25, -0.2) is 4.98 Å². The largest absolute Gasteiger partial charge is 0.375 e. The van der Waals surface area contributed by atoms with E-state index in [1.54, 1.807) is 0 Å². The number of imidazole rings is 1. The molecule has 122 valence electrons. The molecule has 23 heavy (non-hydrogen) atoms. The van der Waals surface area contributed by atoms with E-state index in [0.29, 0.717) is 6.42 Å². The highest BCUT2D eigenvalue weighted by Gasteiger charge is 2.38.